The molecular formula is C18H17NO3S. The Kier molecular flexibility index (Phi) is 4.67. The predicted molar refractivity (Wildman–Crippen MR) is 89.5 cm³/mol. The number of aliphatic carboxylic acids is 1. The van der Waals surface area contributed by atoms with E-state index in [1.807, 2.05) is 54.6 Å². The van der Waals surface area contributed by atoms with Crippen LogP contribution in [0, 0.1) is 0 Å². The first kappa shape index (κ1) is 15.6. The second-order valence-corrected chi connectivity index (χ2v) is 6.75. The predicted octanol–water partition coefficient (Wildman–Crippen LogP) is 2.52. The van der Waals surface area contributed by atoms with Crippen molar-refractivity contribution >= 4 is 23.6 Å². The maximum Gasteiger partial charge on any atom is 0.326 e. The van der Waals surface area contributed by atoms with Crippen molar-refractivity contribution in [2.24, 2.45) is 0 Å². The van der Waals surface area contributed by atoms with Gasteiger partial charge in [-0.25, -0.2) is 4.79 Å². The summed E-state index contributed by atoms with van der Waals surface area (Å²) in [6.45, 7) is 0. The van der Waals surface area contributed by atoms with Crippen LogP contribution in [0.5, 0.6) is 0 Å². The van der Waals surface area contributed by atoms with Gasteiger partial charge in [-0.2, -0.15) is 0 Å². The molecule has 2 atom stereocenters. The van der Waals surface area contributed by atoms with E-state index in [4.69, 9.17) is 0 Å². The van der Waals surface area contributed by atoms with Crippen molar-refractivity contribution < 1.29 is 14.7 Å². The van der Waals surface area contributed by atoms with Crippen molar-refractivity contribution in [1.82, 2.24) is 5.32 Å². The zero-order valence-electron chi connectivity index (χ0n) is 12.4. The number of thioether (sulfide) groups is 1. The van der Waals surface area contributed by atoms with Gasteiger partial charge in [-0.05, 0) is 23.6 Å². The zero-order chi connectivity index (χ0) is 16.2. The molecule has 1 heterocycles. The first-order valence-electron chi connectivity index (χ1n) is 7.45. The van der Waals surface area contributed by atoms with Crippen molar-refractivity contribution in [2.45, 2.75) is 29.0 Å². The molecule has 0 spiro atoms. The van der Waals surface area contributed by atoms with Crippen LogP contribution in [-0.2, 0) is 22.4 Å². The van der Waals surface area contributed by atoms with Crippen LogP contribution in [0.4, 0.5) is 0 Å². The average molecular weight is 327 g/mol. The summed E-state index contributed by atoms with van der Waals surface area (Å²) in [5.41, 5.74) is 2.04. The monoisotopic (exact) mass is 327 g/mol. The van der Waals surface area contributed by atoms with E-state index < -0.39 is 12.0 Å². The Morgan fingerprint density at radius 3 is 2.52 bits per heavy atom. The van der Waals surface area contributed by atoms with Crippen molar-refractivity contribution in [2.75, 3.05) is 0 Å². The summed E-state index contributed by atoms with van der Waals surface area (Å²) in [5, 5.41) is 11.8. The number of carboxylic acids is 1. The maximum absolute atomic E-state index is 12.4. The number of carbonyl (C=O) groups excluding carboxylic acids is 1. The van der Waals surface area contributed by atoms with Gasteiger partial charge in [0.1, 0.15) is 6.04 Å². The van der Waals surface area contributed by atoms with Gasteiger partial charge in [0.15, 0.2) is 0 Å². The number of nitrogens with one attached hydrogen (secondary N) is 1. The van der Waals surface area contributed by atoms with E-state index in [1.54, 1.807) is 0 Å². The molecule has 4 nitrogen and oxygen atoms in total. The fraction of sp³-hybridized carbons (Fsp3) is 0.222. The Balaban J connectivity index is 1.65. The number of carbonyl (C=O) groups is 2. The van der Waals surface area contributed by atoms with Crippen LogP contribution in [0.3, 0.4) is 0 Å². The molecule has 23 heavy (non-hydrogen) atoms. The lowest BCUT2D eigenvalue weighted by atomic mass is 10.1. The minimum absolute atomic E-state index is 0.213. The summed E-state index contributed by atoms with van der Waals surface area (Å²) in [5.74, 6) is -1.22. The molecular weight excluding hydrogens is 310 g/mol. The van der Waals surface area contributed by atoms with Crippen LogP contribution in [0.1, 0.15) is 11.1 Å². The third-order valence-corrected chi connectivity index (χ3v) is 5.15. The molecule has 118 valence electrons. The van der Waals surface area contributed by atoms with Crippen LogP contribution in [0.2, 0.25) is 0 Å². The normalized spacial score (nSPS) is 17.3. The highest BCUT2D eigenvalue weighted by Crippen LogP contribution is 2.36. The molecule has 0 aliphatic carbocycles. The Labute approximate surface area is 138 Å². The van der Waals surface area contributed by atoms with Gasteiger partial charge in [0.05, 0.1) is 5.25 Å². The van der Waals surface area contributed by atoms with Gasteiger partial charge < -0.3 is 10.4 Å². The van der Waals surface area contributed by atoms with Gasteiger partial charge >= 0.3 is 5.97 Å². The van der Waals surface area contributed by atoms with Crippen molar-refractivity contribution in [3.8, 4) is 0 Å². The molecule has 1 amide bonds. The van der Waals surface area contributed by atoms with E-state index >= 15 is 0 Å². The Hall–Kier alpha value is -2.27. The third kappa shape index (κ3) is 3.74. The number of carboxylic acid groups (broad SMARTS) is 1. The van der Waals surface area contributed by atoms with Crippen LogP contribution in [-0.4, -0.2) is 28.3 Å². The molecule has 2 N–H and O–H groups in total. The minimum atomic E-state index is -1.01. The number of fused-ring (bicyclic) bond motifs is 1. The number of amides is 1. The lowest BCUT2D eigenvalue weighted by Gasteiger charge is -2.17. The molecule has 5 heteroatoms. The van der Waals surface area contributed by atoms with E-state index in [-0.39, 0.29) is 17.6 Å². The lowest BCUT2D eigenvalue weighted by Crippen LogP contribution is -2.45. The standard InChI is InChI=1S/C18H17NO3S/c20-17(16-11-13-8-4-5-9-15(13)23-16)19-14(18(21)22)10-12-6-2-1-3-7-12/h1-9,14,16H,10-11H2,(H,19,20)(H,21,22)/t14?,16-/m0/s1. The second-order valence-electron chi connectivity index (χ2n) is 5.51. The Bertz CT molecular complexity index is 692. The lowest BCUT2D eigenvalue weighted by molar-refractivity contribution is -0.141. The first-order chi connectivity index (χ1) is 11.1. The molecule has 0 fully saturated rings. The van der Waals surface area contributed by atoms with Crippen LogP contribution in [0.25, 0.3) is 0 Å². The molecule has 1 aliphatic rings. The largest absolute Gasteiger partial charge is 0.480 e. The fourth-order valence-corrected chi connectivity index (χ4v) is 3.85. The highest BCUT2D eigenvalue weighted by atomic mass is 32.2. The summed E-state index contributed by atoms with van der Waals surface area (Å²) in [6, 6.07) is 16.3. The molecule has 3 rings (SSSR count). The summed E-state index contributed by atoms with van der Waals surface area (Å²) in [4.78, 5) is 25.0. The summed E-state index contributed by atoms with van der Waals surface area (Å²) in [7, 11) is 0. The van der Waals surface area contributed by atoms with Gasteiger partial charge in [-0.15, -0.1) is 11.8 Å². The molecule has 2 aromatic rings. The quantitative estimate of drug-likeness (QED) is 0.885. The molecule has 0 aromatic heterocycles. The molecule has 0 saturated heterocycles. The third-order valence-electron chi connectivity index (χ3n) is 3.84. The van der Waals surface area contributed by atoms with E-state index in [1.165, 1.54) is 11.8 Å². The molecule has 1 unspecified atom stereocenters. The Morgan fingerprint density at radius 1 is 1.13 bits per heavy atom. The van der Waals surface area contributed by atoms with Crippen LogP contribution >= 0.6 is 11.8 Å². The van der Waals surface area contributed by atoms with Gasteiger partial charge in [-0.1, -0.05) is 48.5 Å². The van der Waals surface area contributed by atoms with Crippen molar-refractivity contribution in [3.05, 3.63) is 65.7 Å². The fourth-order valence-electron chi connectivity index (χ4n) is 2.64. The molecule has 1 aliphatic heterocycles. The number of rotatable bonds is 5. The number of hydrogen-bond donors (Lipinski definition) is 2. The molecule has 0 bridgehead atoms. The SMILES string of the molecule is O=C(O)C(Cc1ccccc1)NC(=O)[C@@H]1Cc2ccccc2S1. The van der Waals surface area contributed by atoms with E-state index in [0.29, 0.717) is 6.42 Å². The van der Waals surface area contributed by atoms with Gasteiger partial charge in [0.25, 0.3) is 0 Å². The minimum Gasteiger partial charge on any atom is -0.480 e. The van der Waals surface area contributed by atoms with Gasteiger partial charge in [-0.3, -0.25) is 4.79 Å². The van der Waals surface area contributed by atoms with Crippen molar-refractivity contribution in [3.63, 3.8) is 0 Å². The first-order valence-corrected chi connectivity index (χ1v) is 8.33. The topological polar surface area (TPSA) is 66.4 Å². The molecule has 0 saturated carbocycles. The zero-order valence-corrected chi connectivity index (χ0v) is 13.3. The number of hydrogen-bond acceptors (Lipinski definition) is 3. The van der Waals surface area contributed by atoms with E-state index in [0.717, 1.165) is 16.0 Å². The Morgan fingerprint density at radius 2 is 1.83 bits per heavy atom. The molecule has 0 radical (unpaired) electrons. The van der Waals surface area contributed by atoms with Gasteiger partial charge in [0.2, 0.25) is 5.91 Å². The summed E-state index contributed by atoms with van der Waals surface area (Å²) >= 11 is 1.50. The van der Waals surface area contributed by atoms with E-state index in [2.05, 4.69) is 5.32 Å². The number of benzene rings is 2. The van der Waals surface area contributed by atoms with Gasteiger partial charge in [0, 0.05) is 11.3 Å². The smallest absolute Gasteiger partial charge is 0.326 e. The average Bonchev–Trinajstić information content (AvgIpc) is 2.99. The highest BCUT2D eigenvalue weighted by molar-refractivity contribution is 8.01. The van der Waals surface area contributed by atoms with Crippen molar-refractivity contribution in [1.29, 1.82) is 0 Å². The van der Waals surface area contributed by atoms with E-state index in [9.17, 15) is 14.7 Å². The summed E-state index contributed by atoms with van der Waals surface area (Å²) in [6.07, 6.45) is 0.927. The summed E-state index contributed by atoms with van der Waals surface area (Å²) < 4.78 is 0. The van der Waals surface area contributed by atoms with Crippen LogP contribution < -0.4 is 5.32 Å². The molecule has 2 aromatic carbocycles. The maximum atomic E-state index is 12.4. The van der Waals surface area contributed by atoms with Crippen LogP contribution in [0.15, 0.2) is 59.5 Å². The second kappa shape index (κ2) is 6.87. The highest BCUT2D eigenvalue weighted by Gasteiger charge is 2.30.